The van der Waals surface area contributed by atoms with Gasteiger partial charge in [0.15, 0.2) is 0 Å². The number of hydrogen-bond acceptors (Lipinski definition) is 4. The first-order chi connectivity index (χ1) is 9.87. The molecule has 4 atom stereocenters. The third-order valence-electron chi connectivity index (χ3n) is 6.56. The van der Waals surface area contributed by atoms with Crippen molar-refractivity contribution in [2.24, 2.45) is 11.1 Å². The number of hydrogen-bond donors (Lipinski definition) is 1. The smallest absolute Gasteiger partial charge is 0.0662 e. The zero-order valence-electron chi connectivity index (χ0n) is 14.3. The second-order valence-corrected chi connectivity index (χ2v) is 8.10. The first-order valence-corrected chi connectivity index (χ1v) is 8.76. The zero-order valence-corrected chi connectivity index (χ0v) is 14.3. The molecular formula is C17H33N3O. The molecule has 4 unspecified atom stereocenters. The van der Waals surface area contributed by atoms with E-state index >= 15 is 0 Å². The third kappa shape index (κ3) is 2.54. The molecule has 0 aromatic carbocycles. The summed E-state index contributed by atoms with van der Waals surface area (Å²) < 4.78 is 5.87. The monoisotopic (exact) mass is 295 g/mol. The molecule has 0 bridgehead atoms. The lowest BCUT2D eigenvalue weighted by Gasteiger charge is -2.61. The van der Waals surface area contributed by atoms with Crippen LogP contribution in [0.1, 0.15) is 47.0 Å². The van der Waals surface area contributed by atoms with E-state index in [0.29, 0.717) is 12.1 Å². The summed E-state index contributed by atoms with van der Waals surface area (Å²) in [6.45, 7) is 14.6. The Labute approximate surface area is 130 Å². The molecule has 3 fully saturated rings. The maximum absolute atomic E-state index is 6.80. The lowest BCUT2D eigenvalue weighted by molar-refractivity contribution is -0.161. The first kappa shape index (κ1) is 15.7. The van der Waals surface area contributed by atoms with Crippen molar-refractivity contribution in [1.82, 2.24) is 9.80 Å². The van der Waals surface area contributed by atoms with Gasteiger partial charge in [-0.15, -0.1) is 0 Å². The Hall–Kier alpha value is -0.160. The summed E-state index contributed by atoms with van der Waals surface area (Å²) in [5.74, 6) is 0. The second-order valence-electron chi connectivity index (χ2n) is 8.10. The molecule has 1 saturated carbocycles. The predicted octanol–water partition coefficient (Wildman–Crippen LogP) is 1.69. The van der Waals surface area contributed by atoms with E-state index in [1.165, 1.54) is 32.5 Å². The predicted molar refractivity (Wildman–Crippen MR) is 86.4 cm³/mol. The van der Waals surface area contributed by atoms with Gasteiger partial charge in [-0.05, 0) is 39.7 Å². The topological polar surface area (TPSA) is 41.7 Å². The van der Waals surface area contributed by atoms with Gasteiger partial charge >= 0.3 is 0 Å². The van der Waals surface area contributed by atoms with Gasteiger partial charge in [0.2, 0.25) is 0 Å². The van der Waals surface area contributed by atoms with Crippen molar-refractivity contribution >= 4 is 0 Å². The quantitative estimate of drug-likeness (QED) is 0.857. The molecule has 122 valence electrons. The summed E-state index contributed by atoms with van der Waals surface area (Å²) in [6.07, 6.45) is 4.07. The van der Waals surface area contributed by atoms with Crippen LogP contribution < -0.4 is 5.73 Å². The SMILES string of the molecule is CCOC1CC(N)(CN2CC3CCCN3CC2C)C1(C)C. The van der Waals surface area contributed by atoms with E-state index in [0.717, 1.165) is 25.6 Å². The Morgan fingerprint density at radius 2 is 2.05 bits per heavy atom. The Morgan fingerprint density at radius 3 is 2.71 bits per heavy atom. The average Bonchev–Trinajstić information content (AvgIpc) is 2.86. The fourth-order valence-electron chi connectivity index (χ4n) is 4.61. The molecule has 1 aliphatic carbocycles. The molecule has 2 aliphatic heterocycles. The van der Waals surface area contributed by atoms with Crippen molar-refractivity contribution in [1.29, 1.82) is 0 Å². The molecule has 0 aromatic heterocycles. The van der Waals surface area contributed by atoms with Gasteiger partial charge < -0.3 is 10.5 Å². The minimum Gasteiger partial charge on any atom is -0.378 e. The molecule has 2 heterocycles. The summed E-state index contributed by atoms with van der Waals surface area (Å²) in [4.78, 5) is 5.33. The maximum atomic E-state index is 6.80. The Bertz CT molecular complexity index is 386. The summed E-state index contributed by atoms with van der Waals surface area (Å²) >= 11 is 0. The highest BCUT2D eigenvalue weighted by Gasteiger charge is 2.59. The molecule has 2 saturated heterocycles. The van der Waals surface area contributed by atoms with Crippen LogP contribution in [0.3, 0.4) is 0 Å². The molecular weight excluding hydrogens is 262 g/mol. The van der Waals surface area contributed by atoms with Crippen LogP contribution in [0.2, 0.25) is 0 Å². The fourth-order valence-corrected chi connectivity index (χ4v) is 4.61. The lowest BCUT2D eigenvalue weighted by atomic mass is 9.54. The van der Waals surface area contributed by atoms with Crippen LogP contribution in [0.15, 0.2) is 0 Å². The van der Waals surface area contributed by atoms with Crippen molar-refractivity contribution in [2.45, 2.75) is 70.7 Å². The number of rotatable bonds is 4. The van der Waals surface area contributed by atoms with E-state index in [1.807, 2.05) is 0 Å². The summed E-state index contributed by atoms with van der Waals surface area (Å²) in [6, 6.07) is 1.40. The molecule has 0 amide bonds. The minimum absolute atomic E-state index is 0.0789. The number of nitrogens with two attached hydrogens (primary N) is 1. The Morgan fingerprint density at radius 1 is 1.29 bits per heavy atom. The van der Waals surface area contributed by atoms with Gasteiger partial charge in [-0.25, -0.2) is 0 Å². The van der Waals surface area contributed by atoms with Crippen molar-refractivity contribution in [2.75, 3.05) is 32.8 Å². The van der Waals surface area contributed by atoms with Gasteiger partial charge in [0.25, 0.3) is 0 Å². The van der Waals surface area contributed by atoms with Crippen molar-refractivity contribution in [3.05, 3.63) is 0 Å². The molecule has 3 aliphatic rings. The highest BCUT2D eigenvalue weighted by molar-refractivity contribution is 5.15. The van der Waals surface area contributed by atoms with Gasteiger partial charge in [0.05, 0.1) is 6.10 Å². The van der Waals surface area contributed by atoms with Crippen LogP contribution in [0.5, 0.6) is 0 Å². The molecule has 4 heteroatoms. The third-order valence-corrected chi connectivity index (χ3v) is 6.56. The van der Waals surface area contributed by atoms with Gasteiger partial charge in [0.1, 0.15) is 0 Å². The van der Waals surface area contributed by atoms with Crippen LogP contribution in [0.4, 0.5) is 0 Å². The van der Waals surface area contributed by atoms with Crippen LogP contribution >= 0.6 is 0 Å². The highest BCUT2D eigenvalue weighted by atomic mass is 16.5. The summed E-state index contributed by atoms with van der Waals surface area (Å²) in [7, 11) is 0. The number of ether oxygens (including phenoxy) is 1. The van der Waals surface area contributed by atoms with Crippen molar-refractivity contribution < 1.29 is 4.74 Å². The summed E-state index contributed by atoms with van der Waals surface area (Å²) in [5, 5.41) is 0. The lowest BCUT2D eigenvalue weighted by Crippen LogP contribution is -2.75. The van der Waals surface area contributed by atoms with E-state index in [9.17, 15) is 0 Å². The van der Waals surface area contributed by atoms with Crippen LogP contribution in [0, 0.1) is 5.41 Å². The second kappa shape index (κ2) is 5.48. The van der Waals surface area contributed by atoms with Gasteiger partial charge in [-0.2, -0.15) is 0 Å². The van der Waals surface area contributed by atoms with E-state index < -0.39 is 0 Å². The zero-order chi connectivity index (χ0) is 15.3. The Balaban J connectivity index is 1.63. The van der Waals surface area contributed by atoms with E-state index in [-0.39, 0.29) is 11.0 Å². The molecule has 2 N–H and O–H groups in total. The molecule has 0 radical (unpaired) electrons. The van der Waals surface area contributed by atoms with Crippen LogP contribution in [-0.2, 0) is 4.74 Å². The first-order valence-electron chi connectivity index (χ1n) is 8.76. The van der Waals surface area contributed by atoms with E-state index in [1.54, 1.807) is 0 Å². The number of nitrogens with zero attached hydrogens (tertiary/aromatic N) is 2. The number of fused-ring (bicyclic) bond motifs is 1. The average molecular weight is 295 g/mol. The number of piperazine rings is 1. The van der Waals surface area contributed by atoms with E-state index in [2.05, 4.69) is 37.5 Å². The van der Waals surface area contributed by atoms with Crippen LogP contribution in [0.25, 0.3) is 0 Å². The summed E-state index contributed by atoms with van der Waals surface area (Å²) in [5.41, 5.74) is 6.78. The molecule has 4 nitrogen and oxygen atoms in total. The molecule has 21 heavy (non-hydrogen) atoms. The fraction of sp³-hybridized carbons (Fsp3) is 1.00. The largest absolute Gasteiger partial charge is 0.378 e. The Kier molecular flexibility index (Phi) is 4.11. The normalized spacial score (nSPS) is 43.6. The minimum atomic E-state index is -0.0954. The van der Waals surface area contributed by atoms with E-state index in [4.69, 9.17) is 10.5 Å². The van der Waals surface area contributed by atoms with Gasteiger partial charge in [-0.3, -0.25) is 9.80 Å². The molecule has 0 spiro atoms. The standard InChI is InChI=1S/C17H33N3O/c1-5-21-15-9-17(18,16(15,3)4)12-20-11-14-7-6-8-19(14)10-13(20)2/h13-15H,5-12,18H2,1-4H3. The highest BCUT2D eigenvalue weighted by Crippen LogP contribution is 2.50. The van der Waals surface area contributed by atoms with Crippen LogP contribution in [-0.4, -0.2) is 66.3 Å². The van der Waals surface area contributed by atoms with Crippen molar-refractivity contribution in [3.8, 4) is 0 Å². The molecule has 3 rings (SSSR count). The van der Waals surface area contributed by atoms with Crippen molar-refractivity contribution in [3.63, 3.8) is 0 Å². The molecule has 0 aromatic rings. The maximum Gasteiger partial charge on any atom is 0.0662 e. The van der Waals surface area contributed by atoms with Gasteiger partial charge in [0, 0.05) is 49.3 Å². The van der Waals surface area contributed by atoms with Gasteiger partial charge in [-0.1, -0.05) is 13.8 Å².